The number of nitrogens with zero attached hydrogens (tertiary/aromatic N) is 1. The average molecular weight is 400 g/mol. The Morgan fingerprint density at radius 3 is 2.75 bits per heavy atom. The van der Waals surface area contributed by atoms with Crippen LogP contribution in [-0.2, 0) is 10.0 Å². The van der Waals surface area contributed by atoms with E-state index in [0.717, 1.165) is 10.9 Å². The molecule has 0 radical (unpaired) electrons. The highest BCUT2D eigenvalue weighted by Crippen LogP contribution is 2.32. The fourth-order valence-electron chi connectivity index (χ4n) is 2.93. The van der Waals surface area contributed by atoms with Gasteiger partial charge in [-0.05, 0) is 30.7 Å². The lowest BCUT2D eigenvalue weighted by Gasteiger charge is -2.18. The Kier molecular flexibility index (Phi) is 5.31. The van der Waals surface area contributed by atoms with Gasteiger partial charge in [-0.25, -0.2) is 13.1 Å². The van der Waals surface area contributed by atoms with Gasteiger partial charge in [-0.2, -0.15) is 0 Å². The first-order chi connectivity index (χ1) is 13.6. The molecule has 146 valence electrons. The summed E-state index contributed by atoms with van der Waals surface area (Å²) in [6.07, 6.45) is 2.24. The predicted molar refractivity (Wildman–Crippen MR) is 104 cm³/mol. The molecule has 2 aromatic carbocycles. The van der Waals surface area contributed by atoms with Gasteiger partial charge in [0.25, 0.3) is 0 Å². The maximum absolute atomic E-state index is 12.5. The second-order valence-corrected chi connectivity index (χ2v) is 8.00. The molecule has 0 aliphatic carbocycles. The van der Waals surface area contributed by atoms with Crippen molar-refractivity contribution in [3.63, 3.8) is 0 Å². The van der Waals surface area contributed by atoms with Crippen molar-refractivity contribution in [2.24, 2.45) is 0 Å². The van der Waals surface area contributed by atoms with E-state index in [1.807, 2.05) is 30.3 Å². The summed E-state index contributed by atoms with van der Waals surface area (Å²) in [6, 6.07) is 14.2. The van der Waals surface area contributed by atoms with Crippen LogP contribution in [0, 0.1) is 0 Å². The van der Waals surface area contributed by atoms with E-state index in [-0.39, 0.29) is 11.4 Å². The van der Waals surface area contributed by atoms with Crippen LogP contribution in [0.5, 0.6) is 17.2 Å². The molecule has 2 heterocycles. The third-order valence-corrected chi connectivity index (χ3v) is 5.75. The Morgan fingerprint density at radius 1 is 1.04 bits per heavy atom. The molecule has 1 aliphatic heterocycles. The van der Waals surface area contributed by atoms with Gasteiger partial charge in [0, 0.05) is 24.2 Å². The molecule has 0 saturated heterocycles. The van der Waals surface area contributed by atoms with E-state index < -0.39 is 10.0 Å². The Morgan fingerprint density at radius 2 is 1.86 bits per heavy atom. The highest BCUT2D eigenvalue weighted by molar-refractivity contribution is 7.89. The molecule has 8 heteroatoms. The van der Waals surface area contributed by atoms with Gasteiger partial charge in [-0.15, -0.1) is 0 Å². The molecule has 0 fully saturated rings. The van der Waals surface area contributed by atoms with Gasteiger partial charge >= 0.3 is 0 Å². The summed E-state index contributed by atoms with van der Waals surface area (Å²) < 4.78 is 44.2. The summed E-state index contributed by atoms with van der Waals surface area (Å²) in [5.41, 5.74) is 0.793. The summed E-state index contributed by atoms with van der Waals surface area (Å²) in [4.78, 5) is 4.48. The second kappa shape index (κ2) is 8.04. The molecule has 4 rings (SSSR count). The van der Waals surface area contributed by atoms with Crippen molar-refractivity contribution in [3.05, 3.63) is 54.7 Å². The van der Waals surface area contributed by atoms with Crippen molar-refractivity contribution in [1.29, 1.82) is 0 Å². The number of sulfonamides is 1. The Balaban J connectivity index is 1.32. The van der Waals surface area contributed by atoms with E-state index in [9.17, 15) is 8.42 Å². The minimum Gasteiger partial charge on any atom is -0.491 e. The summed E-state index contributed by atoms with van der Waals surface area (Å²) in [7, 11) is -3.63. The van der Waals surface area contributed by atoms with Crippen molar-refractivity contribution in [2.45, 2.75) is 11.3 Å². The van der Waals surface area contributed by atoms with Crippen molar-refractivity contribution >= 4 is 20.9 Å². The summed E-state index contributed by atoms with van der Waals surface area (Å²) in [5, 5.41) is 0.999. The Bertz CT molecular complexity index is 1080. The van der Waals surface area contributed by atoms with Crippen molar-refractivity contribution in [3.8, 4) is 17.2 Å². The number of para-hydroxylation sites is 1. The first kappa shape index (κ1) is 18.5. The quantitative estimate of drug-likeness (QED) is 0.614. The monoisotopic (exact) mass is 400 g/mol. The largest absolute Gasteiger partial charge is 0.491 e. The smallest absolute Gasteiger partial charge is 0.240 e. The summed E-state index contributed by atoms with van der Waals surface area (Å²) in [5.74, 6) is 1.69. The zero-order valence-electron chi connectivity index (χ0n) is 15.1. The van der Waals surface area contributed by atoms with Crippen LogP contribution in [-0.4, -0.2) is 39.8 Å². The third kappa shape index (κ3) is 4.02. The van der Waals surface area contributed by atoms with Gasteiger partial charge in [-0.3, -0.25) is 4.98 Å². The molecule has 1 aliphatic rings. The number of rotatable bonds is 7. The topological polar surface area (TPSA) is 86.8 Å². The molecule has 1 N–H and O–H groups in total. The van der Waals surface area contributed by atoms with Gasteiger partial charge < -0.3 is 14.2 Å². The molecule has 0 atom stereocenters. The third-order valence-electron chi connectivity index (χ3n) is 4.29. The molecule has 7 nitrogen and oxygen atoms in total. The molecule has 28 heavy (non-hydrogen) atoms. The van der Waals surface area contributed by atoms with Crippen LogP contribution in [0.25, 0.3) is 10.9 Å². The van der Waals surface area contributed by atoms with E-state index in [1.54, 1.807) is 12.3 Å². The van der Waals surface area contributed by atoms with E-state index in [0.29, 0.717) is 43.5 Å². The first-order valence-electron chi connectivity index (χ1n) is 8.99. The SMILES string of the molecule is O=S(=O)(NCCCOc1cccc2cccnc12)c1ccc2c(c1)OCCO2. The number of hydrogen-bond acceptors (Lipinski definition) is 6. The molecule has 0 unspecified atom stereocenters. The van der Waals surface area contributed by atoms with Crippen LogP contribution in [0.2, 0.25) is 0 Å². The standard InChI is InChI=1S/C20H20N2O5S/c23-28(24,16-7-8-17-19(14-16)27-13-12-26-17)22-10-3-11-25-18-6-1-4-15-5-2-9-21-20(15)18/h1-2,4-9,14,22H,3,10-13H2. The van der Waals surface area contributed by atoms with Crippen LogP contribution in [0.4, 0.5) is 0 Å². The second-order valence-electron chi connectivity index (χ2n) is 6.24. The molecule has 0 spiro atoms. The average Bonchev–Trinajstić information content (AvgIpc) is 2.73. The fourth-order valence-corrected chi connectivity index (χ4v) is 4.02. The van der Waals surface area contributed by atoms with Crippen LogP contribution in [0.3, 0.4) is 0 Å². The van der Waals surface area contributed by atoms with Crippen molar-refractivity contribution < 1.29 is 22.6 Å². The van der Waals surface area contributed by atoms with Crippen LogP contribution < -0.4 is 18.9 Å². The fraction of sp³-hybridized carbons (Fsp3) is 0.250. The summed E-state index contributed by atoms with van der Waals surface area (Å²) in [6.45, 7) is 1.50. The van der Waals surface area contributed by atoms with Gasteiger partial charge in [0.2, 0.25) is 10.0 Å². The van der Waals surface area contributed by atoms with E-state index >= 15 is 0 Å². The summed E-state index contributed by atoms with van der Waals surface area (Å²) >= 11 is 0. The lowest BCUT2D eigenvalue weighted by molar-refractivity contribution is 0.171. The molecule has 0 bridgehead atoms. The van der Waals surface area contributed by atoms with Gasteiger partial charge in [0.15, 0.2) is 11.5 Å². The molecular formula is C20H20N2O5S. The van der Waals surface area contributed by atoms with Gasteiger partial charge in [-0.1, -0.05) is 18.2 Å². The Hall–Kier alpha value is -2.84. The lowest BCUT2D eigenvalue weighted by atomic mass is 10.2. The number of ether oxygens (including phenoxy) is 3. The molecule has 3 aromatic rings. The molecule has 1 aromatic heterocycles. The molecule has 0 saturated carbocycles. The maximum atomic E-state index is 12.5. The normalized spacial score (nSPS) is 13.4. The van der Waals surface area contributed by atoms with Gasteiger partial charge in [0.1, 0.15) is 24.5 Å². The maximum Gasteiger partial charge on any atom is 0.240 e. The zero-order valence-corrected chi connectivity index (χ0v) is 15.9. The predicted octanol–water partition coefficient (Wildman–Crippen LogP) is 2.75. The van der Waals surface area contributed by atoms with Crippen LogP contribution in [0.15, 0.2) is 59.6 Å². The van der Waals surface area contributed by atoms with Crippen molar-refractivity contribution in [1.82, 2.24) is 9.71 Å². The highest BCUT2D eigenvalue weighted by atomic mass is 32.2. The minimum absolute atomic E-state index is 0.149. The number of aromatic nitrogens is 1. The zero-order chi connectivity index (χ0) is 19.4. The van der Waals surface area contributed by atoms with E-state index in [1.165, 1.54) is 12.1 Å². The molecular weight excluding hydrogens is 380 g/mol. The lowest BCUT2D eigenvalue weighted by Crippen LogP contribution is -2.26. The number of nitrogens with one attached hydrogen (secondary N) is 1. The van der Waals surface area contributed by atoms with Crippen LogP contribution >= 0.6 is 0 Å². The number of benzene rings is 2. The highest BCUT2D eigenvalue weighted by Gasteiger charge is 2.19. The minimum atomic E-state index is -3.63. The van der Waals surface area contributed by atoms with Gasteiger partial charge in [0.05, 0.1) is 11.5 Å². The van der Waals surface area contributed by atoms with E-state index in [4.69, 9.17) is 14.2 Å². The van der Waals surface area contributed by atoms with Crippen molar-refractivity contribution in [2.75, 3.05) is 26.4 Å². The van der Waals surface area contributed by atoms with Crippen LogP contribution in [0.1, 0.15) is 6.42 Å². The number of hydrogen-bond donors (Lipinski definition) is 1. The number of pyridine rings is 1. The first-order valence-corrected chi connectivity index (χ1v) is 10.5. The van der Waals surface area contributed by atoms with E-state index in [2.05, 4.69) is 9.71 Å². The number of fused-ring (bicyclic) bond motifs is 2. The molecule has 0 amide bonds. The Labute approximate surface area is 163 Å².